The summed E-state index contributed by atoms with van der Waals surface area (Å²) in [6, 6.07) is 0. The van der Waals surface area contributed by atoms with Gasteiger partial charge in [0, 0.05) is 6.42 Å². The number of carbonyl (C=O) groups is 3. The number of ether oxygens (including phenoxy) is 2. The van der Waals surface area contributed by atoms with Crippen molar-refractivity contribution in [1.29, 1.82) is 0 Å². The Morgan fingerprint density at radius 1 is 1.25 bits per heavy atom. The van der Waals surface area contributed by atoms with Crippen molar-refractivity contribution in [3.8, 4) is 0 Å². The van der Waals surface area contributed by atoms with Crippen LogP contribution in [0.3, 0.4) is 0 Å². The number of hydrogen-bond acceptors (Lipinski definition) is 7. The Labute approximate surface area is 119 Å². The molecule has 0 bridgehead atoms. The van der Waals surface area contributed by atoms with Crippen molar-refractivity contribution in [2.75, 3.05) is 7.11 Å². The maximum Gasteiger partial charge on any atom is 0.332 e. The highest BCUT2D eigenvalue weighted by atomic mass is 16.6. The first kappa shape index (κ1) is 18.6. The molecule has 0 aliphatic carbocycles. The third-order valence-electron chi connectivity index (χ3n) is 2.76. The van der Waals surface area contributed by atoms with E-state index in [0.29, 0.717) is 0 Å². The maximum atomic E-state index is 11.6. The first-order chi connectivity index (χ1) is 9.13. The van der Waals surface area contributed by atoms with Crippen LogP contribution in [-0.4, -0.2) is 31.9 Å². The normalized spacial score (nSPS) is 12.5. The molecule has 0 radical (unpaired) electrons. The molecule has 0 spiro atoms. The molecule has 0 aromatic carbocycles. The Kier molecular flexibility index (Phi) is 7.45. The van der Waals surface area contributed by atoms with Gasteiger partial charge in [0.05, 0.1) is 18.3 Å². The van der Waals surface area contributed by atoms with Crippen LogP contribution in [0.25, 0.3) is 0 Å². The van der Waals surface area contributed by atoms with Crippen molar-refractivity contribution in [3.05, 3.63) is 0 Å². The minimum Gasteiger partial charge on any atom is -0.469 e. The van der Waals surface area contributed by atoms with Gasteiger partial charge in [-0.2, -0.15) is 0 Å². The third kappa shape index (κ3) is 6.16. The topological polar surface area (TPSA) is 105 Å². The largest absolute Gasteiger partial charge is 0.469 e. The molecule has 0 fully saturated rings. The van der Waals surface area contributed by atoms with E-state index >= 15 is 0 Å². The van der Waals surface area contributed by atoms with Crippen molar-refractivity contribution in [2.45, 2.75) is 46.3 Å². The number of esters is 3. The lowest BCUT2D eigenvalue weighted by Gasteiger charge is -2.18. The number of nitrogens with two attached hydrogens (primary N) is 1. The van der Waals surface area contributed by atoms with Gasteiger partial charge in [-0.25, -0.2) is 5.90 Å². The monoisotopic (exact) mass is 287 g/mol. The zero-order valence-electron chi connectivity index (χ0n) is 12.6. The van der Waals surface area contributed by atoms with Crippen molar-refractivity contribution < 1.29 is 28.6 Å². The summed E-state index contributed by atoms with van der Waals surface area (Å²) in [6.45, 7) is 5.92. The second kappa shape index (κ2) is 8.01. The molecule has 8 heteroatoms. The summed E-state index contributed by atoms with van der Waals surface area (Å²) in [6.07, 6.45) is 0.0244. The summed E-state index contributed by atoms with van der Waals surface area (Å²) in [5.74, 6) is 2.51. The van der Waals surface area contributed by atoms with E-state index < -0.39 is 36.1 Å². The highest BCUT2D eigenvalue weighted by molar-refractivity contribution is 6.56. The van der Waals surface area contributed by atoms with Crippen LogP contribution in [0, 0.1) is 5.41 Å². The Morgan fingerprint density at radius 3 is 2.20 bits per heavy atom. The molecular formula is C12H22BNO6. The van der Waals surface area contributed by atoms with Crippen LogP contribution in [0.15, 0.2) is 0 Å². The lowest BCUT2D eigenvalue weighted by atomic mass is 9.57. The molecule has 0 saturated heterocycles. The van der Waals surface area contributed by atoms with Crippen molar-refractivity contribution in [3.63, 3.8) is 0 Å². The minimum atomic E-state index is -0.759. The standard InChI is InChI=1S/C12H22BNO6/c1-12(2,3)11(17)19-9(15)7-6-8(10(16)18-5)13(4)20-14/h8H,6-7,14H2,1-5H3/t8-/m0/s1. The van der Waals surface area contributed by atoms with Gasteiger partial charge >= 0.3 is 24.8 Å². The summed E-state index contributed by atoms with van der Waals surface area (Å²) >= 11 is 0. The lowest BCUT2D eigenvalue weighted by Crippen LogP contribution is -2.32. The van der Waals surface area contributed by atoms with Gasteiger partial charge in [0.2, 0.25) is 0 Å². The van der Waals surface area contributed by atoms with Crippen molar-refractivity contribution >= 4 is 24.8 Å². The Hall–Kier alpha value is -1.41. The van der Waals surface area contributed by atoms with Crippen LogP contribution in [0.1, 0.15) is 33.6 Å². The van der Waals surface area contributed by atoms with E-state index in [9.17, 15) is 14.4 Å². The molecule has 0 heterocycles. The van der Waals surface area contributed by atoms with E-state index in [1.807, 2.05) is 0 Å². The van der Waals surface area contributed by atoms with Gasteiger partial charge in [0.15, 0.2) is 0 Å². The van der Waals surface area contributed by atoms with Crippen LogP contribution in [-0.2, 0) is 28.6 Å². The molecule has 0 amide bonds. The van der Waals surface area contributed by atoms with E-state index in [2.05, 4.69) is 14.2 Å². The smallest absolute Gasteiger partial charge is 0.332 e. The zero-order chi connectivity index (χ0) is 15.9. The molecule has 0 aromatic heterocycles. The summed E-state index contributed by atoms with van der Waals surface area (Å²) in [7, 11) is 1.24. The van der Waals surface area contributed by atoms with E-state index in [4.69, 9.17) is 5.90 Å². The van der Waals surface area contributed by atoms with Crippen LogP contribution in [0.2, 0.25) is 12.6 Å². The van der Waals surface area contributed by atoms with Crippen LogP contribution < -0.4 is 5.90 Å². The molecule has 2 N–H and O–H groups in total. The number of methoxy groups -OCH3 is 1. The fraction of sp³-hybridized carbons (Fsp3) is 0.750. The predicted octanol–water partition coefficient (Wildman–Crippen LogP) is 0.937. The zero-order valence-corrected chi connectivity index (χ0v) is 12.6. The van der Waals surface area contributed by atoms with Gasteiger partial charge < -0.3 is 14.2 Å². The lowest BCUT2D eigenvalue weighted by molar-refractivity contribution is -0.165. The highest BCUT2D eigenvalue weighted by Gasteiger charge is 2.32. The molecule has 114 valence electrons. The molecule has 0 rings (SSSR count). The number of rotatable bonds is 6. The van der Waals surface area contributed by atoms with Crippen molar-refractivity contribution in [2.24, 2.45) is 11.3 Å². The fourth-order valence-corrected chi connectivity index (χ4v) is 1.37. The van der Waals surface area contributed by atoms with Gasteiger partial charge in [-0.3, -0.25) is 14.4 Å². The Bertz CT molecular complexity index is 365. The predicted molar refractivity (Wildman–Crippen MR) is 72.4 cm³/mol. The maximum absolute atomic E-state index is 11.6. The molecule has 7 nitrogen and oxygen atoms in total. The second-order valence-corrected chi connectivity index (χ2v) is 5.52. The quantitative estimate of drug-likeness (QED) is 0.335. The summed E-state index contributed by atoms with van der Waals surface area (Å²) in [5, 5.41) is 0. The summed E-state index contributed by atoms with van der Waals surface area (Å²) < 4.78 is 13.9. The first-order valence-corrected chi connectivity index (χ1v) is 6.32. The Morgan fingerprint density at radius 2 is 1.80 bits per heavy atom. The van der Waals surface area contributed by atoms with Gasteiger partial charge in [-0.05, 0) is 27.2 Å². The molecule has 0 aromatic rings. The number of hydrogen-bond donors (Lipinski definition) is 1. The molecular weight excluding hydrogens is 265 g/mol. The Balaban J connectivity index is 4.46. The SMILES string of the molecule is COC(=O)[C@H](CCC(=O)OC(=O)C(C)(C)C)B(C)ON. The van der Waals surface area contributed by atoms with Gasteiger partial charge in [-0.15, -0.1) is 0 Å². The van der Waals surface area contributed by atoms with E-state index in [-0.39, 0.29) is 12.8 Å². The van der Waals surface area contributed by atoms with Crippen molar-refractivity contribution in [1.82, 2.24) is 0 Å². The minimum absolute atomic E-state index is 0.102. The first-order valence-electron chi connectivity index (χ1n) is 6.32. The molecule has 0 aliphatic rings. The third-order valence-corrected chi connectivity index (χ3v) is 2.76. The molecule has 0 aliphatic heterocycles. The summed E-state index contributed by atoms with van der Waals surface area (Å²) in [5.41, 5.74) is -0.759. The van der Waals surface area contributed by atoms with Gasteiger partial charge in [0.25, 0.3) is 0 Å². The molecule has 1 atom stereocenters. The van der Waals surface area contributed by atoms with Crippen LogP contribution in [0.5, 0.6) is 0 Å². The number of carbonyl (C=O) groups excluding carboxylic acids is 3. The second-order valence-electron chi connectivity index (χ2n) is 5.52. The molecule has 0 saturated carbocycles. The molecule has 0 unspecified atom stereocenters. The van der Waals surface area contributed by atoms with E-state index in [1.54, 1.807) is 27.6 Å². The fourth-order valence-electron chi connectivity index (χ4n) is 1.37. The average Bonchev–Trinajstić information content (AvgIpc) is 2.36. The highest BCUT2D eigenvalue weighted by Crippen LogP contribution is 2.21. The van der Waals surface area contributed by atoms with Gasteiger partial charge in [0.1, 0.15) is 0 Å². The van der Waals surface area contributed by atoms with Crippen LogP contribution >= 0.6 is 0 Å². The van der Waals surface area contributed by atoms with Crippen LogP contribution in [0.4, 0.5) is 0 Å². The van der Waals surface area contributed by atoms with E-state index in [0.717, 1.165) is 0 Å². The molecule has 20 heavy (non-hydrogen) atoms. The van der Waals surface area contributed by atoms with E-state index in [1.165, 1.54) is 7.11 Å². The summed E-state index contributed by atoms with van der Waals surface area (Å²) in [4.78, 5) is 34.6. The van der Waals surface area contributed by atoms with Gasteiger partial charge in [-0.1, -0.05) is 6.82 Å². The average molecular weight is 287 g/mol.